The zero-order valence-electron chi connectivity index (χ0n) is 17.1. The molecule has 1 N–H and O–H groups in total. The van der Waals surface area contributed by atoms with Crippen LogP contribution in [0.15, 0.2) is 12.3 Å². The number of ether oxygens (including phenoxy) is 1. The van der Waals surface area contributed by atoms with Gasteiger partial charge in [0.15, 0.2) is 5.75 Å². The van der Waals surface area contributed by atoms with Gasteiger partial charge in [-0.3, -0.25) is 4.98 Å². The summed E-state index contributed by atoms with van der Waals surface area (Å²) in [5, 5.41) is 3.70. The van der Waals surface area contributed by atoms with E-state index in [0.717, 1.165) is 23.0 Å². The van der Waals surface area contributed by atoms with Crippen LogP contribution in [0, 0.1) is 23.7 Å². The highest BCUT2D eigenvalue weighted by Gasteiger charge is 2.36. The van der Waals surface area contributed by atoms with Gasteiger partial charge < -0.3 is 10.1 Å². The molecule has 0 aromatic carbocycles. The Morgan fingerprint density at radius 1 is 1.12 bits per heavy atom. The van der Waals surface area contributed by atoms with Crippen molar-refractivity contribution in [1.82, 2.24) is 4.98 Å². The van der Waals surface area contributed by atoms with Crippen molar-refractivity contribution in [2.45, 2.75) is 79.7 Å². The van der Waals surface area contributed by atoms with E-state index >= 15 is 0 Å². The fraction of sp³-hybridized carbons (Fsp3) is 0.762. The second kappa shape index (κ2) is 8.62. The Kier molecular flexibility index (Phi) is 7.61. The maximum atomic E-state index is 5.52. The smallest absolute Gasteiger partial charge is 0.163 e. The molecule has 1 heterocycles. The minimum atomic E-state index is 0. The van der Waals surface area contributed by atoms with Gasteiger partial charge in [-0.1, -0.05) is 34.6 Å². The van der Waals surface area contributed by atoms with Gasteiger partial charge in [0.2, 0.25) is 0 Å². The summed E-state index contributed by atoms with van der Waals surface area (Å²) in [7, 11) is 1.72. The number of aromatic nitrogens is 1. The van der Waals surface area contributed by atoms with Crippen molar-refractivity contribution in [3.8, 4) is 5.75 Å². The van der Waals surface area contributed by atoms with Crippen LogP contribution in [0.25, 0.3) is 0 Å². The van der Waals surface area contributed by atoms with Gasteiger partial charge in [-0.15, -0.1) is 12.4 Å². The number of rotatable bonds is 5. The third-order valence-corrected chi connectivity index (χ3v) is 5.46. The van der Waals surface area contributed by atoms with Crippen molar-refractivity contribution in [3.05, 3.63) is 18.0 Å². The molecule has 2 rings (SSSR count). The van der Waals surface area contributed by atoms with Gasteiger partial charge >= 0.3 is 0 Å². The average molecular weight is 369 g/mol. The molecule has 0 saturated heterocycles. The van der Waals surface area contributed by atoms with Gasteiger partial charge in [0.25, 0.3) is 0 Å². The first-order chi connectivity index (χ1) is 11.1. The third-order valence-electron chi connectivity index (χ3n) is 5.46. The first-order valence-electron chi connectivity index (χ1n) is 9.38. The summed E-state index contributed by atoms with van der Waals surface area (Å²) < 4.78 is 5.52. The van der Waals surface area contributed by atoms with Crippen LogP contribution in [-0.4, -0.2) is 18.1 Å². The van der Waals surface area contributed by atoms with Crippen LogP contribution in [-0.2, 0) is 0 Å². The van der Waals surface area contributed by atoms with E-state index in [2.05, 4.69) is 44.9 Å². The van der Waals surface area contributed by atoms with Gasteiger partial charge in [-0.05, 0) is 61.8 Å². The fourth-order valence-corrected chi connectivity index (χ4v) is 4.67. The molecule has 1 aromatic heterocycles. The summed E-state index contributed by atoms with van der Waals surface area (Å²) >= 11 is 0. The number of pyridine rings is 1. The van der Waals surface area contributed by atoms with Crippen LogP contribution in [0.2, 0.25) is 0 Å². The number of aryl methyl sites for hydroxylation is 1. The molecule has 1 aliphatic carbocycles. The molecule has 4 heteroatoms. The second-order valence-corrected chi connectivity index (χ2v) is 9.40. The predicted octanol–water partition coefficient (Wildman–Crippen LogP) is 6.25. The van der Waals surface area contributed by atoms with Crippen LogP contribution >= 0.6 is 12.4 Å². The number of hydrogen-bond acceptors (Lipinski definition) is 3. The molecule has 0 radical (unpaired) electrons. The molecular formula is C21H37ClN2O. The number of nitrogens with zero attached hydrogens (tertiary/aromatic N) is 1. The lowest BCUT2D eigenvalue weighted by atomic mass is 9.64. The molecule has 1 fully saturated rings. The van der Waals surface area contributed by atoms with Gasteiger partial charge in [0.05, 0.1) is 18.5 Å². The van der Waals surface area contributed by atoms with Crippen molar-refractivity contribution in [2.75, 3.05) is 12.4 Å². The van der Waals surface area contributed by atoms with Crippen molar-refractivity contribution in [1.29, 1.82) is 0 Å². The van der Waals surface area contributed by atoms with E-state index in [1.165, 1.54) is 32.1 Å². The molecule has 0 spiro atoms. The van der Waals surface area contributed by atoms with Crippen LogP contribution in [0.1, 0.15) is 72.4 Å². The van der Waals surface area contributed by atoms with Gasteiger partial charge in [-0.2, -0.15) is 0 Å². The molecule has 0 amide bonds. The highest BCUT2D eigenvalue weighted by Crippen LogP contribution is 2.45. The molecule has 0 atom stereocenters. The van der Waals surface area contributed by atoms with E-state index in [1.807, 2.05) is 19.2 Å². The Balaban J connectivity index is 0.00000312. The van der Waals surface area contributed by atoms with Crippen LogP contribution in [0.4, 0.5) is 5.69 Å². The van der Waals surface area contributed by atoms with E-state index in [0.29, 0.717) is 16.9 Å². The van der Waals surface area contributed by atoms with E-state index in [1.54, 1.807) is 7.11 Å². The monoisotopic (exact) mass is 368 g/mol. The number of halogens is 1. The number of nitrogens with one attached hydrogen (secondary N) is 1. The van der Waals surface area contributed by atoms with Crippen molar-refractivity contribution in [3.63, 3.8) is 0 Å². The maximum Gasteiger partial charge on any atom is 0.163 e. The number of methoxy groups -OCH3 is 1. The summed E-state index contributed by atoms with van der Waals surface area (Å²) in [6.45, 7) is 14.0. The van der Waals surface area contributed by atoms with Crippen molar-refractivity contribution >= 4 is 18.1 Å². The Morgan fingerprint density at radius 3 is 2.24 bits per heavy atom. The molecule has 3 nitrogen and oxygen atoms in total. The Hall–Kier alpha value is -0.960. The van der Waals surface area contributed by atoms with Crippen LogP contribution in [0.5, 0.6) is 5.75 Å². The molecular weight excluding hydrogens is 332 g/mol. The standard InChI is InChI=1S/C21H36N2O.ClH/c1-15-19(24-7)18(12-13-22-15)23-17-10-8-16(9-11-17)21(5,6)14-20(2,3)4;/h12-13,16-17H,8-11,14H2,1-7H3,(H,22,23);1H/t16-,17-;. The van der Waals surface area contributed by atoms with E-state index in [9.17, 15) is 0 Å². The summed E-state index contributed by atoms with van der Waals surface area (Å²) in [5.74, 6) is 1.71. The second-order valence-electron chi connectivity index (χ2n) is 9.40. The third kappa shape index (κ3) is 6.06. The molecule has 25 heavy (non-hydrogen) atoms. The molecule has 1 saturated carbocycles. The lowest BCUT2D eigenvalue weighted by Crippen LogP contribution is -2.35. The molecule has 1 aromatic rings. The topological polar surface area (TPSA) is 34.1 Å². The quantitative estimate of drug-likeness (QED) is 0.666. The number of hydrogen-bond donors (Lipinski definition) is 1. The minimum Gasteiger partial charge on any atom is -0.493 e. The summed E-state index contributed by atoms with van der Waals surface area (Å²) in [6.07, 6.45) is 8.25. The molecule has 0 bridgehead atoms. The first-order valence-corrected chi connectivity index (χ1v) is 9.38. The highest BCUT2D eigenvalue weighted by molar-refractivity contribution is 5.85. The van der Waals surface area contributed by atoms with E-state index in [-0.39, 0.29) is 12.4 Å². The van der Waals surface area contributed by atoms with Gasteiger partial charge in [0.1, 0.15) is 0 Å². The van der Waals surface area contributed by atoms with Crippen LogP contribution < -0.4 is 10.1 Å². The van der Waals surface area contributed by atoms with Crippen LogP contribution in [0.3, 0.4) is 0 Å². The molecule has 144 valence electrons. The highest BCUT2D eigenvalue weighted by atomic mass is 35.5. The zero-order valence-corrected chi connectivity index (χ0v) is 17.9. The number of anilines is 1. The zero-order chi connectivity index (χ0) is 18.0. The van der Waals surface area contributed by atoms with Gasteiger partial charge in [0, 0.05) is 12.2 Å². The van der Waals surface area contributed by atoms with Crippen molar-refractivity contribution in [2.24, 2.45) is 16.7 Å². The lowest BCUT2D eigenvalue weighted by Gasteiger charge is -2.43. The average Bonchev–Trinajstić information content (AvgIpc) is 2.45. The first kappa shape index (κ1) is 22.1. The molecule has 0 aliphatic heterocycles. The SMILES string of the molecule is COc1c(N[C@H]2CC[C@H](C(C)(C)CC(C)(C)C)CC2)ccnc1C.Cl. The minimum absolute atomic E-state index is 0. The normalized spacial score (nSPS) is 21.4. The fourth-order valence-electron chi connectivity index (χ4n) is 4.67. The molecule has 1 aliphatic rings. The maximum absolute atomic E-state index is 5.52. The largest absolute Gasteiger partial charge is 0.493 e. The lowest BCUT2D eigenvalue weighted by molar-refractivity contribution is 0.0968. The predicted molar refractivity (Wildman–Crippen MR) is 110 cm³/mol. The summed E-state index contributed by atoms with van der Waals surface area (Å²) in [4.78, 5) is 4.32. The van der Waals surface area contributed by atoms with E-state index in [4.69, 9.17) is 4.74 Å². The summed E-state index contributed by atoms with van der Waals surface area (Å²) in [5.41, 5.74) is 2.86. The Labute approximate surface area is 160 Å². The summed E-state index contributed by atoms with van der Waals surface area (Å²) in [6, 6.07) is 2.57. The van der Waals surface area contributed by atoms with Gasteiger partial charge in [-0.25, -0.2) is 0 Å². The van der Waals surface area contributed by atoms with Crippen molar-refractivity contribution < 1.29 is 4.74 Å². The Bertz CT molecular complexity index is 543. The molecule has 0 unspecified atom stereocenters. The Morgan fingerprint density at radius 2 is 1.72 bits per heavy atom. The van der Waals surface area contributed by atoms with E-state index < -0.39 is 0 Å².